The number of anilines is 3. The average molecular weight is 376 g/mol. The van der Waals surface area contributed by atoms with Crippen LogP contribution in [0.25, 0.3) is 0 Å². The molecule has 6 heteroatoms. The van der Waals surface area contributed by atoms with E-state index in [0.717, 1.165) is 28.9 Å². The van der Waals surface area contributed by atoms with Crippen LogP contribution in [0.1, 0.15) is 38.2 Å². The van der Waals surface area contributed by atoms with E-state index in [1.165, 1.54) is 24.8 Å². The van der Waals surface area contributed by atoms with Crippen LogP contribution in [0, 0.1) is 6.92 Å². The molecule has 1 aromatic heterocycles. The fourth-order valence-electron chi connectivity index (χ4n) is 3.05. The summed E-state index contributed by atoms with van der Waals surface area (Å²) < 4.78 is 0.996. The second-order valence-corrected chi connectivity index (χ2v) is 6.85. The van der Waals surface area contributed by atoms with Gasteiger partial charge >= 0.3 is 0 Å². The Balaban J connectivity index is 1.82. The molecule has 0 saturated carbocycles. The van der Waals surface area contributed by atoms with E-state index in [2.05, 4.69) is 67.3 Å². The zero-order valence-corrected chi connectivity index (χ0v) is 15.2. The van der Waals surface area contributed by atoms with E-state index in [9.17, 15) is 0 Å². The van der Waals surface area contributed by atoms with Crippen molar-refractivity contribution in [2.45, 2.75) is 45.6 Å². The van der Waals surface area contributed by atoms with Gasteiger partial charge in [-0.2, -0.15) is 10.1 Å². The molecule has 3 rings (SSSR count). The Morgan fingerprint density at radius 2 is 2.22 bits per heavy atom. The van der Waals surface area contributed by atoms with E-state index in [-0.39, 0.29) is 0 Å². The molecule has 5 nitrogen and oxygen atoms in total. The zero-order chi connectivity index (χ0) is 16.2. The number of nitrogens with zero attached hydrogens (tertiary/aromatic N) is 4. The van der Waals surface area contributed by atoms with E-state index in [4.69, 9.17) is 0 Å². The Labute approximate surface area is 145 Å². The molecule has 2 aromatic rings. The summed E-state index contributed by atoms with van der Waals surface area (Å²) in [6.45, 7) is 5.35. The monoisotopic (exact) mass is 375 g/mol. The summed E-state index contributed by atoms with van der Waals surface area (Å²) in [6, 6.07) is 6.70. The van der Waals surface area contributed by atoms with E-state index >= 15 is 0 Å². The summed E-state index contributed by atoms with van der Waals surface area (Å²) in [5.41, 5.74) is 2.15. The Hall–Kier alpha value is -1.69. The maximum atomic E-state index is 4.67. The summed E-state index contributed by atoms with van der Waals surface area (Å²) >= 11 is 3.57. The lowest BCUT2D eigenvalue weighted by Gasteiger charge is -2.35. The number of rotatable bonds is 4. The fraction of sp³-hybridized carbons (Fsp3) is 0.471. The standard InChI is InChI=1S/C17H22BrN5/c1-3-13-6-4-5-9-23(13)16-11-19-22-17(21-16)20-15-8-7-12(2)10-14(15)18/h7-8,10-11,13H,3-6,9H2,1-2H3,(H,20,21,22). The number of nitrogens with one attached hydrogen (secondary N) is 1. The lowest BCUT2D eigenvalue weighted by Crippen LogP contribution is -2.39. The first kappa shape index (κ1) is 16.2. The largest absolute Gasteiger partial charge is 0.352 e. The smallest absolute Gasteiger partial charge is 0.249 e. The van der Waals surface area contributed by atoms with Gasteiger partial charge in [0.1, 0.15) is 0 Å². The van der Waals surface area contributed by atoms with Crippen LogP contribution in [0.2, 0.25) is 0 Å². The molecule has 1 fully saturated rings. The fourth-order valence-corrected chi connectivity index (χ4v) is 3.65. The van der Waals surface area contributed by atoms with Crippen LogP contribution in [0.4, 0.5) is 17.5 Å². The number of halogens is 1. The lowest BCUT2D eigenvalue weighted by molar-refractivity contribution is 0.446. The van der Waals surface area contributed by atoms with Gasteiger partial charge in [0, 0.05) is 17.1 Å². The highest BCUT2D eigenvalue weighted by Crippen LogP contribution is 2.27. The van der Waals surface area contributed by atoms with Crippen molar-refractivity contribution in [3.63, 3.8) is 0 Å². The third-order valence-corrected chi connectivity index (χ3v) is 4.97. The minimum absolute atomic E-state index is 0.535. The number of aromatic nitrogens is 3. The predicted molar refractivity (Wildman–Crippen MR) is 97.3 cm³/mol. The van der Waals surface area contributed by atoms with Gasteiger partial charge in [0.25, 0.3) is 0 Å². The molecule has 23 heavy (non-hydrogen) atoms. The molecule has 0 aliphatic carbocycles. The summed E-state index contributed by atoms with van der Waals surface area (Å²) in [5, 5.41) is 11.5. The highest BCUT2D eigenvalue weighted by molar-refractivity contribution is 9.10. The first-order valence-electron chi connectivity index (χ1n) is 8.17. The number of hydrogen-bond donors (Lipinski definition) is 1. The molecule has 0 spiro atoms. The van der Waals surface area contributed by atoms with Crippen molar-refractivity contribution in [2.24, 2.45) is 0 Å². The maximum Gasteiger partial charge on any atom is 0.249 e. The summed E-state index contributed by atoms with van der Waals surface area (Å²) in [4.78, 5) is 7.04. The minimum Gasteiger partial charge on any atom is -0.352 e. The predicted octanol–water partition coefficient (Wildman–Crippen LogP) is 4.46. The van der Waals surface area contributed by atoms with Crippen molar-refractivity contribution in [1.82, 2.24) is 15.2 Å². The summed E-state index contributed by atoms with van der Waals surface area (Å²) in [7, 11) is 0. The van der Waals surface area contributed by atoms with Gasteiger partial charge in [-0.15, -0.1) is 5.10 Å². The molecule has 1 N–H and O–H groups in total. The molecular formula is C17H22BrN5. The van der Waals surface area contributed by atoms with Crippen molar-refractivity contribution in [3.05, 3.63) is 34.4 Å². The molecular weight excluding hydrogens is 354 g/mol. The van der Waals surface area contributed by atoms with Gasteiger partial charge in [0.15, 0.2) is 5.82 Å². The molecule has 1 saturated heterocycles. The second-order valence-electron chi connectivity index (χ2n) is 6.00. The van der Waals surface area contributed by atoms with Gasteiger partial charge < -0.3 is 10.2 Å². The highest BCUT2D eigenvalue weighted by atomic mass is 79.9. The SMILES string of the molecule is CCC1CCCCN1c1cnnc(Nc2ccc(C)cc2Br)n1. The highest BCUT2D eigenvalue weighted by Gasteiger charge is 2.22. The van der Waals surface area contributed by atoms with Crippen molar-refractivity contribution in [3.8, 4) is 0 Å². The normalized spacial score (nSPS) is 18.0. The van der Waals surface area contributed by atoms with Gasteiger partial charge in [0.05, 0.1) is 11.9 Å². The molecule has 1 aromatic carbocycles. The van der Waals surface area contributed by atoms with Crippen LogP contribution < -0.4 is 10.2 Å². The number of piperidine rings is 1. The molecule has 0 bridgehead atoms. The van der Waals surface area contributed by atoms with Gasteiger partial charge in [0.2, 0.25) is 5.95 Å². The molecule has 122 valence electrons. The van der Waals surface area contributed by atoms with Crippen molar-refractivity contribution >= 4 is 33.4 Å². The topological polar surface area (TPSA) is 53.9 Å². The minimum atomic E-state index is 0.535. The number of benzene rings is 1. The molecule has 1 aliphatic heterocycles. The Morgan fingerprint density at radius 1 is 1.35 bits per heavy atom. The van der Waals surface area contributed by atoms with Gasteiger partial charge in [-0.05, 0) is 66.2 Å². The van der Waals surface area contributed by atoms with Crippen LogP contribution >= 0.6 is 15.9 Å². The molecule has 2 heterocycles. The summed E-state index contributed by atoms with van der Waals surface area (Å²) in [5.74, 6) is 1.45. The maximum absolute atomic E-state index is 4.67. The third-order valence-electron chi connectivity index (χ3n) is 4.31. The van der Waals surface area contributed by atoms with Gasteiger partial charge in [-0.3, -0.25) is 0 Å². The molecule has 1 atom stereocenters. The number of hydrogen-bond acceptors (Lipinski definition) is 5. The van der Waals surface area contributed by atoms with Gasteiger partial charge in [-0.25, -0.2) is 0 Å². The number of aryl methyl sites for hydroxylation is 1. The second kappa shape index (κ2) is 7.25. The average Bonchev–Trinajstić information content (AvgIpc) is 2.58. The Morgan fingerprint density at radius 3 is 3.00 bits per heavy atom. The van der Waals surface area contributed by atoms with Gasteiger partial charge in [-0.1, -0.05) is 13.0 Å². The quantitative estimate of drug-likeness (QED) is 0.854. The van der Waals surface area contributed by atoms with Crippen LogP contribution in [0.3, 0.4) is 0 Å². The van der Waals surface area contributed by atoms with Crippen molar-refractivity contribution in [2.75, 3.05) is 16.8 Å². The molecule has 0 amide bonds. The van der Waals surface area contributed by atoms with Crippen LogP contribution in [-0.2, 0) is 0 Å². The van der Waals surface area contributed by atoms with Crippen molar-refractivity contribution < 1.29 is 0 Å². The van der Waals surface area contributed by atoms with Crippen LogP contribution in [0.15, 0.2) is 28.9 Å². The Kier molecular flexibility index (Phi) is 5.10. The Bertz CT molecular complexity index is 676. The zero-order valence-electron chi connectivity index (χ0n) is 13.6. The van der Waals surface area contributed by atoms with Crippen LogP contribution in [0.5, 0.6) is 0 Å². The lowest BCUT2D eigenvalue weighted by atomic mass is 10.0. The van der Waals surface area contributed by atoms with E-state index in [1.54, 1.807) is 6.20 Å². The molecule has 1 unspecified atom stereocenters. The third kappa shape index (κ3) is 3.80. The molecule has 1 aliphatic rings. The first-order valence-corrected chi connectivity index (χ1v) is 8.96. The van der Waals surface area contributed by atoms with E-state index in [0.29, 0.717) is 12.0 Å². The van der Waals surface area contributed by atoms with E-state index in [1.807, 2.05) is 6.07 Å². The molecule has 0 radical (unpaired) electrons. The van der Waals surface area contributed by atoms with E-state index < -0.39 is 0 Å². The first-order chi connectivity index (χ1) is 11.2. The summed E-state index contributed by atoms with van der Waals surface area (Å²) in [6.07, 6.45) is 6.65. The van der Waals surface area contributed by atoms with Crippen LogP contribution in [-0.4, -0.2) is 27.8 Å². The van der Waals surface area contributed by atoms with Crippen molar-refractivity contribution in [1.29, 1.82) is 0 Å².